The Kier molecular flexibility index (Phi) is 8.51. The summed E-state index contributed by atoms with van der Waals surface area (Å²) < 4.78 is 5.18. The van der Waals surface area contributed by atoms with Crippen molar-refractivity contribution in [3.8, 4) is 5.75 Å². The largest absolute Gasteiger partial charge is 0.872 e. The molecule has 1 amide bonds. The molecule has 3 rings (SSSR count). The monoisotopic (exact) mass is 464 g/mol. The zero-order valence-corrected chi connectivity index (χ0v) is 20.9. The van der Waals surface area contributed by atoms with E-state index in [1.165, 1.54) is 10.5 Å². The van der Waals surface area contributed by atoms with Crippen molar-refractivity contribution in [3.63, 3.8) is 0 Å². The number of ether oxygens (including phenoxy) is 1. The van der Waals surface area contributed by atoms with E-state index >= 15 is 0 Å². The van der Waals surface area contributed by atoms with Gasteiger partial charge < -0.3 is 19.6 Å². The Bertz CT molecular complexity index is 1020. The second-order valence-corrected chi connectivity index (χ2v) is 9.08. The Balaban J connectivity index is 2.03. The number of methoxy groups -OCH3 is 1. The molecule has 2 aromatic rings. The summed E-state index contributed by atoms with van der Waals surface area (Å²) in [5.41, 5.74) is 2.35. The van der Waals surface area contributed by atoms with E-state index in [1.54, 1.807) is 36.3 Å². The van der Waals surface area contributed by atoms with Crippen molar-refractivity contribution in [2.75, 3.05) is 33.3 Å². The van der Waals surface area contributed by atoms with E-state index < -0.39 is 23.5 Å². The number of amides is 1. The third kappa shape index (κ3) is 5.33. The number of hydrogen-bond acceptors (Lipinski definition) is 4. The number of nitrogens with one attached hydrogen (secondary N) is 1. The van der Waals surface area contributed by atoms with E-state index in [-0.39, 0.29) is 5.57 Å². The molecule has 0 aromatic heterocycles. The van der Waals surface area contributed by atoms with Gasteiger partial charge in [0.15, 0.2) is 0 Å². The van der Waals surface area contributed by atoms with Crippen LogP contribution in [0, 0.1) is 0 Å². The summed E-state index contributed by atoms with van der Waals surface area (Å²) in [6.07, 6.45) is 0.765. The van der Waals surface area contributed by atoms with Gasteiger partial charge >= 0.3 is 0 Å². The van der Waals surface area contributed by atoms with Gasteiger partial charge in [-0.25, -0.2) is 0 Å². The lowest BCUT2D eigenvalue weighted by molar-refractivity contribution is -0.896. The second-order valence-electron chi connectivity index (χ2n) is 9.08. The fraction of sp³-hybridized carbons (Fsp3) is 0.429. The van der Waals surface area contributed by atoms with Crippen LogP contribution in [-0.4, -0.2) is 49.9 Å². The summed E-state index contributed by atoms with van der Waals surface area (Å²) in [6, 6.07) is 13.9. The highest BCUT2D eigenvalue weighted by Gasteiger charge is 2.44. The smallest absolute Gasteiger partial charge is 0.295 e. The van der Waals surface area contributed by atoms with Crippen LogP contribution >= 0.6 is 0 Å². The van der Waals surface area contributed by atoms with Gasteiger partial charge in [-0.05, 0) is 48.6 Å². The molecule has 1 fully saturated rings. The van der Waals surface area contributed by atoms with Crippen LogP contribution in [0.2, 0.25) is 0 Å². The third-order valence-corrected chi connectivity index (χ3v) is 6.73. The Hall–Kier alpha value is -3.12. The molecule has 1 unspecified atom stereocenters. The van der Waals surface area contributed by atoms with Gasteiger partial charge in [0.2, 0.25) is 5.78 Å². The molecule has 2 aromatic carbocycles. The normalized spacial score (nSPS) is 17.7. The number of likely N-dealkylation sites (tertiary alicyclic amines) is 1. The van der Waals surface area contributed by atoms with Crippen molar-refractivity contribution < 1.29 is 24.3 Å². The van der Waals surface area contributed by atoms with Crippen LogP contribution in [0.5, 0.6) is 5.75 Å². The predicted octanol–water partition coefficient (Wildman–Crippen LogP) is 2.36. The van der Waals surface area contributed by atoms with Gasteiger partial charge in [-0.3, -0.25) is 9.59 Å². The van der Waals surface area contributed by atoms with Gasteiger partial charge in [0.1, 0.15) is 5.75 Å². The van der Waals surface area contributed by atoms with E-state index in [2.05, 4.69) is 27.7 Å². The lowest BCUT2D eigenvalue weighted by Gasteiger charge is -2.28. The molecule has 182 valence electrons. The third-order valence-electron chi connectivity index (χ3n) is 6.73. The zero-order valence-electron chi connectivity index (χ0n) is 20.9. The average molecular weight is 465 g/mol. The van der Waals surface area contributed by atoms with Crippen LogP contribution in [-0.2, 0) is 9.59 Å². The molecule has 0 saturated carbocycles. The quantitative estimate of drug-likeness (QED) is 0.333. The first kappa shape index (κ1) is 25.5. The zero-order chi connectivity index (χ0) is 24.8. The summed E-state index contributed by atoms with van der Waals surface area (Å²) in [6.45, 7) is 11.9. The molecular formula is C28H36N2O4. The topological polar surface area (TPSA) is 74.1 Å². The Morgan fingerprint density at radius 1 is 1.03 bits per heavy atom. The van der Waals surface area contributed by atoms with Crippen LogP contribution in [0.25, 0.3) is 5.76 Å². The van der Waals surface area contributed by atoms with Crippen LogP contribution in [0.1, 0.15) is 62.8 Å². The lowest BCUT2D eigenvalue weighted by Crippen LogP contribution is -3.11. The van der Waals surface area contributed by atoms with Gasteiger partial charge in [0.25, 0.3) is 5.91 Å². The molecule has 6 heteroatoms. The summed E-state index contributed by atoms with van der Waals surface area (Å²) in [5.74, 6) is -0.718. The molecule has 1 saturated heterocycles. The second kappa shape index (κ2) is 11.3. The summed E-state index contributed by atoms with van der Waals surface area (Å²) in [4.78, 5) is 29.3. The van der Waals surface area contributed by atoms with Crippen molar-refractivity contribution in [1.29, 1.82) is 0 Å². The fourth-order valence-electron chi connectivity index (χ4n) is 4.51. The van der Waals surface area contributed by atoms with Gasteiger partial charge in [-0.15, -0.1) is 0 Å². The number of ketones is 1. The molecule has 0 radical (unpaired) electrons. The average Bonchev–Trinajstić information content (AvgIpc) is 3.11. The van der Waals surface area contributed by atoms with Crippen LogP contribution in [0.3, 0.4) is 0 Å². The van der Waals surface area contributed by atoms with E-state index in [9.17, 15) is 14.7 Å². The molecule has 34 heavy (non-hydrogen) atoms. The number of rotatable bonds is 10. The van der Waals surface area contributed by atoms with Crippen LogP contribution < -0.4 is 14.7 Å². The molecular weight excluding hydrogens is 428 g/mol. The summed E-state index contributed by atoms with van der Waals surface area (Å²) in [5, 5.41) is 13.5. The van der Waals surface area contributed by atoms with E-state index in [0.717, 1.165) is 31.6 Å². The van der Waals surface area contributed by atoms with Crippen molar-refractivity contribution in [3.05, 3.63) is 70.8 Å². The highest BCUT2D eigenvalue weighted by atomic mass is 16.5. The van der Waals surface area contributed by atoms with Gasteiger partial charge in [0, 0.05) is 18.5 Å². The minimum atomic E-state index is -0.700. The minimum absolute atomic E-state index is 0.0302. The van der Waals surface area contributed by atoms with Crippen LogP contribution in [0.15, 0.2) is 54.1 Å². The Labute approximate surface area is 202 Å². The molecule has 1 aliphatic rings. The molecule has 0 aliphatic carbocycles. The Morgan fingerprint density at radius 3 is 2.18 bits per heavy atom. The Morgan fingerprint density at radius 2 is 1.65 bits per heavy atom. The van der Waals surface area contributed by atoms with Crippen LogP contribution in [0.4, 0.5) is 0 Å². The maximum atomic E-state index is 13.5. The number of hydrogen-bond donors (Lipinski definition) is 1. The molecule has 1 atom stereocenters. The fourth-order valence-corrected chi connectivity index (χ4v) is 4.51. The maximum absolute atomic E-state index is 13.5. The predicted molar refractivity (Wildman–Crippen MR) is 131 cm³/mol. The van der Waals surface area contributed by atoms with E-state index in [4.69, 9.17) is 4.74 Å². The van der Waals surface area contributed by atoms with Gasteiger partial charge in [-0.2, -0.15) is 0 Å². The molecule has 1 N–H and O–H groups in total. The van der Waals surface area contributed by atoms with Gasteiger partial charge in [0.05, 0.1) is 32.8 Å². The summed E-state index contributed by atoms with van der Waals surface area (Å²) in [7, 11) is 1.55. The molecule has 0 spiro atoms. The van der Waals surface area contributed by atoms with Crippen molar-refractivity contribution in [2.45, 2.75) is 46.1 Å². The minimum Gasteiger partial charge on any atom is -0.872 e. The number of benzene rings is 2. The van der Waals surface area contributed by atoms with Crippen molar-refractivity contribution in [2.24, 2.45) is 0 Å². The molecule has 1 heterocycles. The van der Waals surface area contributed by atoms with Crippen molar-refractivity contribution in [1.82, 2.24) is 4.90 Å². The SMILES string of the molecule is CC[NH+](CC)CCCN1C(=O)C(=O)/C(=C(/[O-])c2ccc(OC)cc2)C1c1ccc(C(C)C)cc1. The lowest BCUT2D eigenvalue weighted by atomic mass is 9.93. The molecule has 1 aliphatic heterocycles. The summed E-state index contributed by atoms with van der Waals surface area (Å²) >= 11 is 0. The highest BCUT2D eigenvalue weighted by Crippen LogP contribution is 2.39. The van der Waals surface area contributed by atoms with E-state index in [1.807, 2.05) is 24.3 Å². The van der Waals surface area contributed by atoms with Crippen molar-refractivity contribution >= 4 is 17.4 Å². The first-order valence-electron chi connectivity index (χ1n) is 12.2. The molecule has 6 nitrogen and oxygen atoms in total. The molecule has 0 bridgehead atoms. The van der Waals surface area contributed by atoms with Gasteiger partial charge in [-0.1, -0.05) is 56.0 Å². The highest BCUT2D eigenvalue weighted by molar-refractivity contribution is 6.46. The number of nitrogens with zero attached hydrogens (tertiary/aromatic N) is 1. The number of carbonyl (C=O) groups excluding carboxylic acids is 2. The standard InChI is InChI=1S/C28H36N2O4/c1-6-29(7-2)17-8-18-30-25(21-11-9-20(10-12-21)19(3)4)24(27(32)28(30)33)26(31)22-13-15-23(34-5)16-14-22/h9-16,19,25,31H,6-8,17-18H2,1-5H3/b26-24+. The number of Topliss-reactive ketones (excluding diaryl/α,β-unsaturated/α-hetero) is 1. The number of quaternary nitrogens is 1. The number of carbonyl (C=O) groups is 2. The first-order valence-corrected chi connectivity index (χ1v) is 12.2. The maximum Gasteiger partial charge on any atom is 0.295 e. The van der Waals surface area contributed by atoms with E-state index in [0.29, 0.717) is 23.8 Å². The first-order chi connectivity index (χ1) is 16.3.